The summed E-state index contributed by atoms with van der Waals surface area (Å²) in [5, 5.41) is 23.7. The van der Waals surface area contributed by atoms with Crippen molar-refractivity contribution in [3.63, 3.8) is 0 Å². The number of carbonyl (C=O) groups excluding carboxylic acids is 1. The van der Waals surface area contributed by atoms with Gasteiger partial charge in [-0.2, -0.15) is 10.5 Å². The molecule has 1 amide bonds. The van der Waals surface area contributed by atoms with Gasteiger partial charge in [-0.05, 0) is 48.7 Å². The van der Waals surface area contributed by atoms with Gasteiger partial charge in [0.1, 0.15) is 5.41 Å². The summed E-state index contributed by atoms with van der Waals surface area (Å²) in [5.41, 5.74) is -0.297. The maximum absolute atomic E-state index is 13.6. The number of nitrogens with one attached hydrogen (secondary N) is 1. The monoisotopic (exact) mass is 432 g/mol. The van der Waals surface area contributed by atoms with Gasteiger partial charge in [0.25, 0.3) is 0 Å². The van der Waals surface area contributed by atoms with E-state index in [0.29, 0.717) is 5.69 Å². The highest BCUT2D eigenvalue weighted by Crippen LogP contribution is 2.66. The summed E-state index contributed by atoms with van der Waals surface area (Å²) in [5.74, 6) is -0.251. The van der Waals surface area contributed by atoms with Crippen LogP contribution in [0.2, 0.25) is 0 Å². The fourth-order valence-corrected chi connectivity index (χ4v) is 5.93. The summed E-state index contributed by atoms with van der Waals surface area (Å²) >= 11 is 3.48. The quantitative estimate of drug-likeness (QED) is 0.740. The lowest BCUT2D eigenvalue weighted by molar-refractivity contribution is -0.123. The number of carbonyl (C=O) groups is 1. The molecule has 3 aliphatic rings. The molecule has 3 aliphatic heterocycles. The summed E-state index contributed by atoms with van der Waals surface area (Å²) in [6.45, 7) is 0.772. The van der Waals surface area contributed by atoms with Gasteiger partial charge in [-0.15, -0.1) is 0 Å². The molecule has 2 aromatic carbocycles. The van der Waals surface area contributed by atoms with Crippen LogP contribution in [0.15, 0.2) is 53.0 Å². The van der Waals surface area contributed by atoms with E-state index in [9.17, 15) is 15.3 Å². The molecule has 0 radical (unpaired) electrons. The minimum Gasteiger partial charge on any atom is -0.325 e. The molecule has 3 atom stereocenters. The molecule has 2 aromatic rings. The zero-order valence-electron chi connectivity index (χ0n) is 15.0. The SMILES string of the molecule is N#CC1(C#N)[C@@H]2CCCN2[C@@H](c2ccc(Br)cc2)[C@@]12C(=O)Nc1ccccc12. The molecule has 5 nitrogen and oxygen atoms in total. The molecule has 1 N–H and O–H groups in total. The third-order valence-electron chi connectivity index (χ3n) is 6.65. The number of anilines is 1. The van der Waals surface area contributed by atoms with Crippen molar-refractivity contribution in [2.75, 3.05) is 11.9 Å². The van der Waals surface area contributed by atoms with E-state index in [2.05, 4.69) is 38.3 Å². The van der Waals surface area contributed by atoms with Crippen LogP contribution in [-0.4, -0.2) is 23.4 Å². The maximum Gasteiger partial charge on any atom is 0.239 e. The topological polar surface area (TPSA) is 79.9 Å². The summed E-state index contributed by atoms with van der Waals surface area (Å²) in [7, 11) is 0. The molecule has 5 rings (SSSR count). The molecule has 0 saturated carbocycles. The number of halogens is 1. The number of fused-ring (bicyclic) bond motifs is 3. The van der Waals surface area contributed by atoms with Crippen LogP contribution in [0.1, 0.15) is 30.0 Å². The van der Waals surface area contributed by atoms with Gasteiger partial charge in [0.2, 0.25) is 5.91 Å². The molecule has 6 heteroatoms. The Bertz CT molecular complexity index is 1050. The Balaban J connectivity index is 1.87. The molecular formula is C22H17BrN4O. The van der Waals surface area contributed by atoms with Gasteiger partial charge < -0.3 is 5.32 Å². The van der Waals surface area contributed by atoms with Crippen molar-refractivity contribution >= 4 is 27.5 Å². The van der Waals surface area contributed by atoms with E-state index in [-0.39, 0.29) is 18.0 Å². The van der Waals surface area contributed by atoms with E-state index >= 15 is 0 Å². The molecule has 0 aliphatic carbocycles. The second kappa shape index (κ2) is 5.91. The molecule has 28 heavy (non-hydrogen) atoms. The summed E-state index contributed by atoms with van der Waals surface area (Å²) in [6.07, 6.45) is 1.66. The highest BCUT2D eigenvalue weighted by molar-refractivity contribution is 9.10. The minimum absolute atomic E-state index is 0.251. The average molecular weight is 433 g/mol. The third-order valence-corrected chi connectivity index (χ3v) is 7.18. The van der Waals surface area contributed by atoms with E-state index in [1.165, 1.54) is 0 Å². The van der Waals surface area contributed by atoms with Crippen LogP contribution in [-0.2, 0) is 10.2 Å². The largest absolute Gasteiger partial charge is 0.325 e. The van der Waals surface area contributed by atoms with Crippen molar-refractivity contribution in [2.45, 2.75) is 30.3 Å². The van der Waals surface area contributed by atoms with Crippen molar-refractivity contribution in [3.05, 3.63) is 64.1 Å². The second-order valence-corrected chi connectivity index (χ2v) is 8.60. The normalized spacial score (nSPS) is 29.8. The van der Waals surface area contributed by atoms with E-state index < -0.39 is 10.8 Å². The predicted octanol–water partition coefficient (Wildman–Crippen LogP) is 3.89. The average Bonchev–Trinajstić information content (AvgIpc) is 3.36. The lowest BCUT2D eigenvalue weighted by Crippen LogP contribution is -2.51. The molecule has 0 bridgehead atoms. The smallest absolute Gasteiger partial charge is 0.239 e. The van der Waals surface area contributed by atoms with Crippen molar-refractivity contribution in [2.24, 2.45) is 5.41 Å². The van der Waals surface area contributed by atoms with E-state index in [4.69, 9.17) is 0 Å². The summed E-state index contributed by atoms with van der Waals surface area (Å²) in [6, 6.07) is 19.4. The first-order valence-electron chi connectivity index (χ1n) is 9.35. The zero-order valence-corrected chi connectivity index (χ0v) is 16.6. The number of hydrogen-bond donors (Lipinski definition) is 1. The van der Waals surface area contributed by atoms with Crippen LogP contribution in [0.5, 0.6) is 0 Å². The van der Waals surface area contributed by atoms with Crippen LogP contribution in [0, 0.1) is 28.1 Å². The van der Waals surface area contributed by atoms with Crippen molar-refractivity contribution in [1.29, 1.82) is 10.5 Å². The van der Waals surface area contributed by atoms with Crippen molar-refractivity contribution < 1.29 is 4.79 Å². The number of amides is 1. The number of benzene rings is 2. The van der Waals surface area contributed by atoms with Gasteiger partial charge in [-0.25, -0.2) is 0 Å². The highest BCUT2D eigenvalue weighted by Gasteiger charge is 2.76. The van der Waals surface area contributed by atoms with Crippen molar-refractivity contribution in [1.82, 2.24) is 4.90 Å². The number of nitriles is 2. The lowest BCUT2D eigenvalue weighted by atomic mass is 9.57. The van der Waals surface area contributed by atoms with Crippen molar-refractivity contribution in [3.8, 4) is 12.1 Å². The standard InChI is InChI=1S/C22H17BrN4O/c23-15-9-7-14(8-10-15)19-22(16-4-1-2-5-17(16)26-20(22)28)21(12-24,13-25)18-6-3-11-27(18)19/h1-2,4-5,7-10,18-19H,3,6,11H2,(H,26,28)/t18-,19-,22-/m0/s1. The first-order valence-corrected chi connectivity index (χ1v) is 10.1. The molecule has 1 spiro atoms. The number of hydrogen-bond acceptors (Lipinski definition) is 4. The Morgan fingerprint density at radius 1 is 1.11 bits per heavy atom. The summed E-state index contributed by atoms with van der Waals surface area (Å²) < 4.78 is 0.948. The number of nitrogens with zero attached hydrogens (tertiary/aromatic N) is 3. The van der Waals surface area contributed by atoms with Gasteiger partial charge in [0.15, 0.2) is 5.41 Å². The number of para-hydroxylation sites is 1. The van der Waals surface area contributed by atoms with Gasteiger partial charge >= 0.3 is 0 Å². The van der Waals surface area contributed by atoms with E-state index in [0.717, 1.165) is 35.0 Å². The molecule has 2 saturated heterocycles. The zero-order chi connectivity index (χ0) is 19.5. The first kappa shape index (κ1) is 17.4. The Morgan fingerprint density at radius 2 is 1.82 bits per heavy atom. The van der Waals surface area contributed by atoms with E-state index in [1.807, 2.05) is 48.5 Å². The van der Waals surface area contributed by atoms with E-state index in [1.54, 1.807) is 0 Å². The maximum atomic E-state index is 13.6. The Hall–Kier alpha value is -2.67. The van der Waals surface area contributed by atoms with Gasteiger partial charge in [-0.3, -0.25) is 9.69 Å². The Morgan fingerprint density at radius 3 is 2.54 bits per heavy atom. The molecule has 138 valence electrons. The Labute approximate surface area is 171 Å². The highest BCUT2D eigenvalue weighted by atomic mass is 79.9. The molecular weight excluding hydrogens is 416 g/mol. The lowest BCUT2D eigenvalue weighted by Gasteiger charge is -2.37. The first-order chi connectivity index (χ1) is 13.6. The summed E-state index contributed by atoms with van der Waals surface area (Å²) in [4.78, 5) is 15.8. The van der Waals surface area contributed by atoms with Gasteiger partial charge in [0, 0.05) is 16.2 Å². The fourth-order valence-electron chi connectivity index (χ4n) is 5.67. The molecule has 2 fully saturated rings. The number of rotatable bonds is 1. The fraction of sp³-hybridized carbons (Fsp3) is 0.318. The second-order valence-electron chi connectivity index (χ2n) is 7.69. The predicted molar refractivity (Wildman–Crippen MR) is 107 cm³/mol. The van der Waals surface area contributed by atoms with Crippen LogP contribution in [0.4, 0.5) is 5.69 Å². The molecule has 0 aromatic heterocycles. The minimum atomic E-state index is -1.45. The van der Waals surface area contributed by atoms with Crippen LogP contribution < -0.4 is 5.32 Å². The van der Waals surface area contributed by atoms with Gasteiger partial charge in [0.05, 0.1) is 18.2 Å². The Kier molecular flexibility index (Phi) is 3.68. The third kappa shape index (κ3) is 1.85. The van der Waals surface area contributed by atoms with Gasteiger partial charge in [-0.1, -0.05) is 46.3 Å². The molecule has 3 heterocycles. The van der Waals surface area contributed by atoms with Crippen LogP contribution in [0.25, 0.3) is 0 Å². The van der Waals surface area contributed by atoms with Crippen LogP contribution >= 0.6 is 15.9 Å². The van der Waals surface area contributed by atoms with Crippen LogP contribution in [0.3, 0.4) is 0 Å². The molecule has 0 unspecified atom stereocenters.